The maximum atomic E-state index is 13.1. The van der Waals surface area contributed by atoms with Gasteiger partial charge in [-0.05, 0) is 49.2 Å². The summed E-state index contributed by atoms with van der Waals surface area (Å²) < 4.78 is 14.8. The second kappa shape index (κ2) is 6.84. The zero-order chi connectivity index (χ0) is 17.9. The van der Waals surface area contributed by atoms with Crippen LogP contribution in [0.25, 0.3) is 0 Å². The van der Waals surface area contributed by atoms with Crippen LogP contribution in [0.2, 0.25) is 0 Å². The highest BCUT2D eigenvalue weighted by Gasteiger charge is 2.30. The van der Waals surface area contributed by atoms with Gasteiger partial charge in [-0.25, -0.2) is 4.39 Å². The first-order chi connectivity index (χ1) is 11.9. The zero-order valence-corrected chi connectivity index (χ0v) is 14.1. The lowest BCUT2D eigenvalue weighted by Gasteiger charge is -2.23. The molecule has 6 heteroatoms. The van der Waals surface area contributed by atoms with Crippen molar-refractivity contribution in [2.24, 2.45) is 0 Å². The Labute approximate surface area is 145 Å². The molecule has 0 fully saturated rings. The van der Waals surface area contributed by atoms with E-state index in [0.717, 1.165) is 11.1 Å². The minimum absolute atomic E-state index is 0.201. The summed E-state index contributed by atoms with van der Waals surface area (Å²) >= 11 is 0. The number of nitrogens with one attached hydrogen (secondary N) is 1. The van der Waals surface area contributed by atoms with Gasteiger partial charge in [0.2, 0.25) is 5.91 Å². The largest absolute Gasteiger partial charge is 0.308 e. The Morgan fingerprint density at radius 1 is 1.12 bits per heavy atom. The number of nitrogens with zero attached hydrogens (tertiary/aromatic N) is 3. The summed E-state index contributed by atoms with van der Waals surface area (Å²) in [6.45, 7) is 4.19. The van der Waals surface area contributed by atoms with Crippen molar-refractivity contribution < 1.29 is 9.18 Å². The van der Waals surface area contributed by atoms with E-state index in [1.54, 1.807) is 55.3 Å². The van der Waals surface area contributed by atoms with Crippen LogP contribution in [0.4, 0.5) is 10.2 Å². The molecule has 5 nitrogen and oxygen atoms in total. The summed E-state index contributed by atoms with van der Waals surface area (Å²) in [5.74, 6) is -0.0441. The van der Waals surface area contributed by atoms with E-state index in [1.807, 2.05) is 12.1 Å². The first kappa shape index (κ1) is 16.8. The van der Waals surface area contributed by atoms with Gasteiger partial charge < -0.3 is 5.32 Å². The van der Waals surface area contributed by atoms with Gasteiger partial charge in [0, 0.05) is 24.7 Å². The molecule has 0 saturated heterocycles. The zero-order valence-electron chi connectivity index (χ0n) is 14.1. The topological polar surface area (TPSA) is 59.8 Å². The van der Waals surface area contributed by atoms with Gasteiger partial charge in [0.15, 0.2) is 5.82 Å². The highest BCUT2D eigenvalue weighted by molar-refractivity contribution is 5.97. The molecule has 3 aromatic rings. The lowest BCUT2D eigenvalue weighted by atomic mass is 9.84. The van der Waals surface area contributed by atoms with Gasteiger partial charge in [0.1, 0.15) is 5.82 Å². The Balaban J connectivity index is 1.69. The van der Waals surface area contributed by atoms with Gasteiger partial charge in [-0.15, -0.1) is 0 Å². The van der Waals surface area contributed by atoms with Crippen molar-refractivity contribution in [3.8, 4) is 0 Å². The highest BCUT2D eigenvalue weighted by Crippen LogP contribution is 2.25. The van der Waals surface area contributed by atoms with Crippen molar-refractivity contribution >= 4 is 11.7 Å². The smallest absolute Gasteiger partial charge is 0.235 e. The number of hydrogen-bond acceptors (Lipinski definition) is 3. The van der Waals surface area contributed by atoms with E-state index < -0.39 is 5.41 Å². The molecule has 3 rings (SSSR count). The Morgan fingerprint density at radius 2 is 1.80 bits per heavy atom. The van der Waals surface area contributed by atoms with Crippen LogP contribution >= 0.6 is 0 Å². The summed E-state index contributed by atoms with van der Waals surface area (Å²) in [5.41, 5.74) is 1.01. The molecule has 1 aromatic carbocycles. The molecule has 0 saturated carbocycles. The number of rotatable bonds is 5. The predicted octanol–water partition coefficient (Wildman–Crippen LogP) is 3.38. The van der Waals surface area contributed by atoms with Crippen molar-refractivity contribution in [2.75, 3.05) is 5.32 Å². The van der Waals surface area contributed by atoms with Crippen LogP contribution in [-0.4, -0.2) is 20.7 Å². The van der Waals surface area contributed by atoms with Crippen LogP contribution in [0.1, 0.15) is 25.0 Å². The number of carbonyl (C=O) groups excluding carboxylic acids is 1. The third-order valence-electron chi connectivity index (χ3n) is 4.11. The molecule has 0 aliphatic carbocycles. The van der Waals surface area contributed by atoms with E-state index in [0.29, 0.717) is 12.4 Å². The quantitative estimate of drug-likeness (QED) is 0.776. The van der Waals surface area contributed by atoms with Crippen LogP contribution in [0, 0.1) is 5.82 Å². The highest BCUT2D eigenvalue weighted by atomic mass is 19.1. The molecule has 1 amide bonds. The average Bonchev–Trinajstić information content (AvgIpc) is 3.03. The van der Waals surface area contributed by atoms with Gasteiger partial charge in [0.25, 0.3) is 0 Å². The van der Waals surface area contributed by atoms with E-state index >= 15 is 0 Å². The van der Waals surface area contributed by atoms with Crippen LogP contribution < -0.4 is 5.32 Å². The number of pyridine rings is 1. The van der Waals surface area contributed by atoms with Gasteiger partial charge in [-0.1, -0.05) is 12.1 Å². The molecule has 0 unspecified atom stereocenters. The minimum atomic E-state index is -0.803. The van der Waals surface area contributed by atoms with Crippen LogP contribution in [-0.2, 0) is 16.8 Å². The molecule has 2 heterocycles. The summed E-state index contributed by atoms with van der Waals surface area (Å²) in [6.07, 6.45) is 5.26. The maximum Gasteiger partial charge on any atom is 0.235 e. The van der Waals surface area contributed by atoms with Crippen molar-refractivity contribution in [1.29, 1.82) is 0 Å². The number of aromatic nitrogens is 3. The fourth-order valence-corrected chi connectivity index (χ4v) is 2.46. The number of anilines is 1. The summed E-state index contributed by atoms with van der Waals surface area (Å²) in [6, 6.07) is 11.5. The molecule has 2 aromatic heterocycles. The minimum Gasteiger partial charge on any atom is -0.308 e. The Bertz CT molecular complexity index is 857. The Morgan fingerprint density at radius 3 is 2.48 bits per heavy atom. The number of benzene rings is 1. The van der Waals surface area contributed by atoms with Crippen LogP contribution in [0.5, 0.6) is 0 Å². The Kier molecular flexibility index (Phi) is 4.61. The van der Waals surface area contributed by atoms with E-state index in [2.05, 4.69) is 15.4 Å². The molecule has 0 atom stereocenters. The maximum absolute atomic E-state index is 13.1. The lowest BCUT2D eigenvalue weighted by molar-refractivity contribution is -0.120. The summed E-state index contributed by atoms with van der Waals surface area (Å²) in [5, 5.41) is 7.20. The molecule has 0 aliphatic heterocycles. The van der Waals surface area contributed by atoms with E-state index in [4.69, 9.17) is 0 Å². The molecule has 0 spiro atoms. The summed E-state index contributed by atoms with van der Waals surface area (Å²) in [4.78, 5) is 16.6. The van der Waals surface area contributed by atoms with Crippen LogP contribution in [0.3, 0.4) is 0 Å². The second-order valence-electron chi connectivity index (χ2n) is 6.34. The molecule has 1 N–H and O–H groups in total. The SMILES string of the molecule is CC(C)(C(=O)Nc1ccn(Cc2ccncc2)n1)c1ccc(F)cc1. The van der Waals surface area contributed by atoms with Gasteiger partial charge >= 0.3 is 0 Å². The first-order valence-corrected chi connectivity index (χ1v) is 7.95. The second-order valence-corrected chi connectivity index (χ2v) is 6.34. The third kappa shape index (κ3) is 3.91. The molecule has 0 bridgehead atoms. The predicted molar refractivity (Wildman–Crippen MR) is 93.6 cm³/mol. The molecular weight excluding hydrogens is 319 g/mol. The average molecular weight is 338 g/mol. The van der Waals surface area contributed by atoms with Crippen molar-refractivity contribution in [3.63, 3.8) is 0 Å². The fourth-order valence-electron chi connectivity index (χ4n) is 2.46. The standard InChI is InChI=1S/C19H19FN4O/c1-19(2,15-3-5-16(20)6-4-15)18(25)22-17-9-12-24(23-17)13-14-7-10-21-11-8-14/h3-12H,13H2,1-2H3,(H,22,23,25). The number of hydrogen-bond donors (Lipinski definition) is 1. The first-order valence-electron chi connectivity index (χ1n) is 7.95. The monoisotopic (exact) mass is 338 g/mol. The van der Waals surface area contributed by atoms with E-state index in [1.165, 1.54) is 12.1 Å². The number of amides is 1. The number of carbonyl (C=O) groups is 1. The van der Waals surface area contributed by atoms with Crippen molar-refractivity contribution in [2.45, 2.75) is 25.8 Å². The van der Waals surface area contributed by atoms with Crippen LogP contribution in [0.15, 0.2) is 61.1 Å². The molecular formula is C19H19FN4O. The van der Waals surface area contributed by atoms with E-state index in [9.17, 15) is 9.18 Å². The van der Waals surface area contributed by atoms with Gasteiger partial charge in [0.05, 0.1) is 12.0 Å². The Hall–Kier alpha value is -3.02. The normalized spacial score (nSPS) is 11.3. The fraction of sp³-hybridized carbons (Fsp3) is 0.211. The molecule has 128 valence electrons. The molecule has 0 aliphatic rings. The third-order valence-corrected chi connectivity index (χ3v) is 4.11. The lowest BCUT2D eigenvalue weighted by Crippen LogP contribution is -2.34. The van der Waals surface area contributed by atoms with Gasteiger partial charge in [-0.3, -0.25) is 14.5 Å². The van der Waals surface area contributed by atoms with E-state index in [-0.39, 0.29) is 11.7 Å². The molecule has 25 heavy (non-hydrogen) atoms. The summed E-state index contributed by atoms with van der Waals surface area (Å²) in [7, 11) is 0. The van der Waals surface area contributed by atoms with Gasteiger partial charge in [-0.2, -0.15) is 5.10 Å². The molecule has 0 radical (unpaired) electrons. The van der Waals surface area contributed by atoms with Crippen molar-refractivity contribution in [3.05, 3.63) is 78.0 Å². The van der Waals surface area contributed by atoms with Crippen molar-refractivity contribution in [1.82, 2.24) is 14.8 Å². The number of halogens is 1.